The normalized spacial score (nSPS) is 90.9. The van der Waals surface area contributed by atoms with Crippen LogP contribution in [-0.4, -0.2) is 4.75 Å². The van der Waals surface area contributed by atoms with Crippen molar-refractivity contribution in [3.63, 3.8) is 0 Å². The molecule has 11 aliphatic rings. The third-order valence-corrected chi connectivity index (χ3v) is 17.0. The summed E-state index contributed by atoms with van der Waals surface area (Å²) in [4.78, 5) is 0. The Labute approximate surface area is 168 Å². The van der Waals surface area contributed by atoms with E-state index in [-0.39, 0.29) is 0 Å². The average Bonchev–Trinajstić information content (AvgIpc) is 3.17. The van der Waals surface area contributed by atoms with E-state index < -0.39 is 0 Å². The van der Waals surface area contributed by atoms with E-state index in [1.807, 2.05) is 0 Å². The number of rotatable bonds is 0. The van der Waals surface area contributed by atoms with Crippen molar-refractivity contribution < 1.29 is 0 Å². The van der Waals surface area contributed by atoms with E-state index in [2.05, 4.69) is 6.92 Å². The molecule has 11 rings (SSSR count). The minimum atomic E-state index is 0.533. The zero-order valence-electron chi connectivity index (χ0n) is 16.5. The van der Waals surface area contributed by atoms with Gasteiger partial charge in [-0.15, -0.1) is 0 Å². The molecule has 27 heavy (non-hydrogen) atoms. The van der Waals surface area contributed by atoms with Crippen LogP contribution in [0.2, 0.25) is 0 Å². The van der Waals surface area contributed by atoms with Crippen LogP contribution < -0.4 is 0 Å². The van der Waals surface area contributed by atoms with Crippen LogP contribution >= 0.6 is 12.6 Å². The third-order valence-electron chi connectivity index (χ3n) is 16.1. The van der Waals surface area contributed by atoms with Crippen molar-refractivity contribution in [2.24, 2.45) is 92.7 Å². The zero-order valence-corrected chi connectivity index (χ0v) is 17.4. The minimum Gasteiger partial charge on any atom is -0.172 e. The Balaban J connectivity index is 1.33. The van der Waals surface area contributed by atoms with Crippen LogP contribution in [0.25, 0.3) is 0 Å². The lowest BCUT2D eigenvalue weighted by Gasteiger charge is -2.95. The van der Waals surface area contributed by atoms with E-state index in [0.717, 1.165) is 45.3 Å². The molecule has 17 unspecified atom stereocenters. The standard InChI is InChI=1S/C26H32S/c1-10-11-3-4-12-17-18-14-9-13-16(10)21-23(11)7-2-6-22(12,23)19(17)20(18)26(14)24(27)8-5-15(24)25(13,21)26/h10-21,27H,2-9H2,1H3. The summed E-state index contributed by atoms with van der Waals surface area (Å²) in [6.45, 7) is 2.77. The highest BCUT2D eigenvalue weighted by Crippen LogP contribution is 3.11. The first kappa shape index (κ1) is 13.6. The van der Waals surface area contributed by atoms with Crippen molar-refractivity contribution in [2.45, 2.75) is 63.0 Å². The van der Waals surface area contributed by atoms with Crippen molar-refractivity contribution in [2.75, 3.05) is 0 Å². The van der Waals surface area contributed by atoms with E-state index in [1.165, 1.54) is 53.8 Å². The van der Waals surface area contributed by atoms with Crippen molar-refractivity contribution >= 4 is 12.6 Å². The molecule has 0 aromatic rings. The van der Waals surface area contributed by atoms with Crippen molar-refractivity contribution in [1.82, 2.24) is 0 Å². The molecular weight excluding hydrogens is 344 g/mol. The molecular formula is C26H32S. The van der Waals surface area contributed by atoms with E-state index >= 15 is 0 Å². The Morgan fingerprint density at radius 2 is 1.59 bits per heavy atom. The Morgan fingerprint density at radius 1 is 0.778 bits per heavy atom. The van der Waals surface area contributed by atoms with Gasteiger partial charge in [-0.05, 0) is 138 Å². The van der Waals surface area contributed by atoms with Crippen molar-refractivity contribution in [3.05, 3.63) is 0 Å². The summed E-state index contributed by atoms with van der Waals surface area (Å²) in [6, 6.07) is 0. The van der Waals surface area contributed by atoms with Gasteiger partial charge in [0, 0.05) is 4.75 Å². The smallest absolute Gasteiger partial charge is 0.0231 e. The predicted molar refractivity (Wildman–Crippen MR) is 106 cm³/mol. The number of fused-ring (bicyclic) bond motifs is 5. The molecule has 1 heteroatoms. The molecule has 0 aliphatic heterocycles. The highest BCUT2D eigenvalue weighted by Gasteiger charge is 3.08. The van der Waals surface area contributed by atoms with Crippen molar-refractivity contribution in [1.29, 1.82) is 0 Å². The Kier molecular flexibility index (Phi) is 1.54. The molecule has 11 fully saturated rings. The summed E-state index contributed by atoms with van der Waals surface area (Å²) < 4.78 is 0.533. The molecule has 0 N–H and O–H groups in total. The van der Waals surface area contributed by atoms with Crippen LogP contribution in [0.4, 0.5) is 0 Å². The van der Waals surface area contributed by atoms with Gasteiger partial charge in [-0.2, -0.15) is 12.6 Å². The maximum atomic E-state index is 5.67. The summed E-state index contributed by atoms with van der Waals surface area (Å²) in [5, 5.41) is 0. The predicted octanol–water partition coefficient (Wildman–Crippen LogP) is 5.29. The fraction of sp³-hybridized carbons (Fsp3) is 1.00. The van der Waals surface area contributed by atoms with E-state index in [0.29, 0.717) is 4.75 Å². The first-order valence-electron chi connectivity index (χ1n) is 12.9. The lowest BCUT2D eigenvalue weighted by molar-refractivity contribution is -0.455. The number of thiol groups is 1. The summed E-state index contributed by atoms with van der Waals surface area (Å²) in [5.41, 5.74) is 3.38. The Hall–Kier alpha value is 0.350. The lowest BCUT2D eigenvalue weighted by atomic mass is 9.10. The van der Waals surface area contributed by atoms with Crippen LogP contribution in [0.5, 0.6) is 0 Å². The van der Waals surface area contributed by atoms with Crippen LogP contribution in [0.1, 0.15) is 58.3 Å². The molecule has 0 radical (unpaired) electrons. The van der Waals surface area contributed by atoms with Crippen LogP contribution in [0.15, 0.2) is 0 Å². The monoisotopic (exact) mass is 376 g/mol. The fourth-order valence-electron chi connectivity index (χ4n) is 17.3. The maximum absolute atomic E-state index is 5.67. The molecule has 11 aliphatic carbocycles. The van der Waals surface area contributed by atoms with Crippen molar-refractivity contribution in [3.8, 4) is 0 Å². The highest BCUT2D eigenvalue weighted by molar-refractivity contribution is 7.82. The second-order valence-electron chi connectivity index (χ2n) is 14.1. The van der Waals surface area contributed by atoms with Gasteiger partial charge in [0.1, 0.15) is 0 Å². The van der Waals surface area contributed by atoms with E-state index in [9.17, 15) is 0 Å². The molecule has 17 atom stereocenters. The number of hydrogen-bond donors (Lipinski definition) is 1. The molecule has 0 nitrogen and oxygen atoms in total. The quantitative estimate of drug-likeness (QED) is 0.546. The van der Waals surface area contributed by atoms with E-state index in [4.69, 9.17) is 12.6 Å². The van der Waals surface area contributed by atoms with Gasteiger partial charge in [0.15, 0.2) is 0 Å². The lowest BCUT2D eigenvalue weighted by Crippen LogP contribution is -2.94. The highest BCUT2D eigenvalue weighted by atomic mass is 32.1. The fourth-order valence-corrected chi connectivity index (χ4v) is 18.3. The molecule has 0 aromatic carbocycles. The van der Waals surface area contributed by atoms with Gasteiger partial charge in [-0.3, -0.25) is 0 Å². The van der Waals surface area contributed by atoms with Crippen LogP contribution in [0.3, 0.4) is 0 Å². The molecule has 0 aromatic heterocycles. The average molecular weight is 377 g/mol. The minimum absolute atomic E-state index is 0.533. The molecule has 11 saturated carbocycles. The van der Waals surface area contributed by atoms with Gasteiger partial charge in [0.05, 0.1) is 0 Å². The second kappa shape index (κ2) is 3.06. The van der Waals surface area contributed by atoms with Gasteiger partial charge in [-0.1, -0.05) is 13.3 Å². The van der Waals surface area contributed by atoms with Gasteiger partial charge < -0.3 is 0 Å². The summed E-state index contributed by atoms with van der Waals surface area (Å²) >= 11 is 5.67. The van der Waals surface area contributed by atoms with Gasteiger partial charge in [0.25, 0.3) is 0 Å². The zero-order chi connectivity index (χ0) is 17.1. The topological polar surface area (TPSA) is 0 Å². The summed E-state index contributed by atoms with van der Waals surface area (Å²) in [7, 11) is 0. The molecule has 142 valence electrons. The number of hydrogen-bond acceptors (Lipinski definition) is 1. The van der Waals surface area contributed by atoms with E-state index in [1.54, 1.807) is 44.9 Å². The Morgan fingerprint density at radius 3 is 2.44 bits per heavy atom. The molecule has 0 amide bonds. The summed E-state index contributed by atoms with van der Waals surface area (Å²) in [6.07, 6.45) is 13.1. The maximum Gasteiger partial charge on any atom is 0.0231 e. The second-order valence-corrected chi connectivity index (χ2v) is 14.9. The Bertz CT molecular complexity index is 925. The summed E-state index contributed by atoms with van der Waals surface area (Å²) in [5.74, 6) is 14.0. The largest absolute Gasteiger partial charge is 0.172 e. The van der Waals surface area contributed by atoms with Gasteiger partial charge >= 0.3 is 0 Å². The third kappa shape index (κ3) is 0.691. The first-order chi connectivity index (χ1) is 13.1. The first-order valence-corrected chi connectivity index (χ1v) is 13.3. The van der Waals surface area contributed by atoms with Gasteiger partial charge in [0.2, 0.25) is 0 Å². The molecule has 0 saturated heterocycles. The molecule has 4 spiro atoms. The molecule has 0 bridgehead atoms. The van der Waals surface area contributed by atoms with Crippen LogP contribution in [0, 0.1) is 92.7 Å². The van der Waals surface area contributed by atoms with Gasteiger partial charge in [-0.25, -0.2) is 0 Å². The van der Waals surface area contributed by atoms with Crippen LogP contribution in [-0.2, 0) is 0 Å². The molecule has 0 heterocycles. The SMILES string of the molecule is CC1C2C3CC4C5C6C7CCC1C18CCCC71C6C5C41C4(S)CCC4C31C28.